The number of hydrogen-bond donors (Lipinski definition) is 1. The Hall–Kier alpha value is -3.42. The molecule has 1 N–H and O–H groups in total. The zero-order valence-electron chi connectivity index (χ0n) is 16.1. The first-order chi connectivity index (χ1) is 13.1. The van der Waals surface area contributed by atoms with Crippen molar-refractivity contribution >= 4 is 23.3 Å². The number of nitrogens with one attached hydrogen (secondary N) is 1. The summed E-state index contributed by atoms with van der Waals surface area (Å²) >= 11 is 0. The Kier molecular flexibility index (Phi) is 6.35. The average molecular weight is 386 g/mol. The van der Waals surface area contributed by atoms with Crippen LogP contribution in [-0.2, 0) is 14.9 Å². The maximum Gasteiger partial charge on any atom is 0.338 e. The summed E-state index contributed by atoms with van der Waals surface area (Å²) in [6.45, 7) is 5.59. The lowest BCUT2D eigenvalue weighted by atomic mass is 9.87. The average Bonchev–Trinajstić information content (AvgIpc) is 2.65. The Morgan fingerprint density at radius 1 is 1.14 bits per heavy atom. The van der Waals surface area contributed by atoms with Crippen molar-refractivity contribution in [1.29, 1.82) is 0 Å². The number of non-ortho nitro benzene ring substituents is 1. The van der Waals surface area contributed by atoms with E-state index in [1.54, 1.807) is 12.1 Å². The number of carbonyl (C=O) groups is 2. The number of nitrogens with zero attached hydrogens (tertiary/aromatic N) is 1. The molecule has 0 fully saturated rings. The van der Waals surface area contributed by atoms with Gasteiger partial charge in [-0.3, -0.25) is 14.9 Å². The van der Waals surface area contributed by atoms with Gasteiger partial charge < -0.3 is 14.8 Å². The Morgan fingerprint density at radius 3 is 2.46 bits per heavy atom. The number of rotatable bonds is 6. The number of ether oxygens (including phenoxy) is 2. The van der Waals surface area contributed by atoms with Crippen LogP contribution in [0.1, 0.15) is 36.7 Å². The smallest absolute Gasteiger partial charge is 0.338 e. The predicted molar refractivity (Wildman–Crippen MR) is 104 cm³/mol. The molecular formula is C20H22N2O6. The van der Waals surface area contributed by atoms with E-state index in [-0.39, 0.29) is 16.7 Å². The van der Waals surface area contributed by atoms with Crippen molar-refractivity contribution in [2.24, 2.45) is 0 Å². The second-order valence-corrected chi connectivity index (χ2v) is 7.10. The summed E-state index contributed by atoms with van der Waals surface area (Å²) in [5, 5.41) is 13.4. The van der Waals surface area contributed by atoms with Gasteiger partial charge in [0, 0.05) is 12.1 Å². The maximum absolute atomic E-state index is 12.2. The molecule has 0 atom stereocenters. The Balaban J connectivity index is 2.05. The summed E-state index contributed by atoms with van der Waals surface area (Å²) in [6, 6.07) is 10.6. The highest BCUT2D eigenvalue weighted by Gasteiger charge is 2.18. The number of methoxy groups -OCH3 is 1. The first kappa shape index (κ1) is 20.9. The van der Waals surface area contributed by atoms with Crippen LogP contribution < -0.4 is 10.1 Å². The summed E-state index contributed by atoms with van der Waals surface area (Å²) in [6.07, 6.45) is 0. The standard InChI is InChI=1S/C20H22N2O6/c1-20(2,3)14-8-9-17(27-4)16(11-14)21-18(23)12-28-19(24)13-6-5-7-15(10-13)22(25)26/h5-11H,12H2,1-4H3,(H,21,23). The third-order valence-corrected chi connectivity index (χ3v) is 3.97. The molecule has 148 valence electrons. The van der Waals surface area contributed by atoms with Gasteiger partial charge in [0.1, 0.15) is 5.75 Å². The minimum Gasteiger partial charge on any atom is -0.495 e. The van der Waals surface area contributed by atoms with Crippen LogP contribution in [0.5, 0.6) is 5.75 Å². The Labute approximate surface area is 162 Å². The van der Waals surface area contributed by atoms with Crippen LogP contribution in [0, 0.1) is 10.1 Å². The molecule has 0 unspecified atom stereocenters. The Morgan fingerprint density at radius 2 is 1.86 bits per heavy atom. The molecule has 0 aliphatic carbocycles. The number of nitro groups is 1. The van der Waals surface area contributed by atoms with Gasteiger partial charge in [0.15, 0.2) is 6.61 Å². The number of anilines is 1. The molecular weight excluding hydrogens is 364 g/mol. The second kappa shape index (κ2) is 8.51. The molecule has 2 rings (SSSR count). The van der Waals surface area contributed by atoms with Crippen molar-refractivity contribution in [2.75, 3.05) is 19.0 Å². The number of benzene rings is 2. The van der Waals surface area contributed by atoms with Crippen LogP contribution in [-0.4, -0.2) is 30.5 Å². The summed E-state index contributed by atoms with van der Waals surface area (Å²) < 4.78 is 10.2. The summed E-state index contributed by atoms with van der Waals surface area (Å²) in [4.78, 5) is 34.4. The summed E-state index contributed by atoms with van der Waals surface area (Å²) in [5.41, 5.74) is 1.10. The molecule has 28 heavy (non-hydrogen) atoms. The van der Waals surface area contributed by atoms with Gasteiger partial charge in [-0.05, 0) is 29.2 Å². The minimum absolute atomic E-state index is 0.00527. The molecule has 0 bridgehead atoms. The van der Waals surface area contributed by atoms with Gasteiger partial charge in [0.25, 0.3) is 11.6 Å². The van der Waals surface area contributed by atoms with Crippen molar-refractivity contribution in [2.45, 2.75) is 26.2 Å². The SMILES string of the molecule is COc1ccc(C(C)(C)C)cc1NC(=O)COC(=O)c1cccc([N+](=O)[O-])c1. The predicted octanol–water partition coefficient (Wildman–Crippen LogP) is 3.70. The molecule has 2 aromatic carbocycles. The third-order valence-electron chi connectivity index (χ3n) is 3.97. The van der Waals surface area contributed by atoms with Gasteiger partial charge in [-0.1, -0.05) is 32.9 Å². The number of nitro benzene ring substituents is 1. The van der Waals surface area contributed by atoms with Crippen LogP contribution >= 0.6 is 0 Å². The van der Waals surface area contributed by atoms with Crippen molar-refractivity contribution < 1.29 is 24.0 Å². The van der Waals surface area contributed by atoms with Gasteiger partial charge in [-0.15, -0.1) is 0 Å². The van der Waals surface area contributed by atoms with Gasteiger partial charge in [-0.25, -0.2) is 4.79 Å². The van der Waals surface area contributed by atoms with Crippen LogP contribution in [0.25, 0.3) is 0 Å². The normalized spacial score (nSPS) is 10.9. The zero-order valence-corrected chi connectivity index (χ0v) is 16.1. The van der Waals surface area contributed by atoms with Crippen molar-refractivity contribution in [3.05, 3.63) is 63.7 Å². The van der Waals surface area contributed by atoms with Crippen LogP contribution in [0.2, 0.25) is 0 Å². The fraction of sp³-hybridized carbons (Fsp3) is 0.300. The topological polar surface area (TPSA) is 108 Å². The highest BCUT2D eigenvalue weighted by atomic mass is 16.6. The molecule has 2 aromatic rings. The van der Waals surface area contributed by atoms with Crippen LogP contribution in [0.4, 0.5) is 11.4 Å². The van der Waals surface area contributed by atoms with Gasteiger partial charge in [0.05, 0.1) is 23.3 Å². The van der Waals surface area contributed by atoms with E-state index in [4.69, 9.17) is 9.47 Å². The van der Waals surface area contributed by atoms with Gasteiger partial charge in [-0.2, -0.15) is 0 Å². The molecule has 0 heterocycles. The lowest BCUT2D eigenvalue weighted by Crippen LogP contribution is -2.22. The highest BCUT2D eigenvalue weighted by Crippen LogP contribution is 2.31. The fourth-order valence-electron chi connectivity index (χ4n) is 2.42. The minimum atomic E-state index is -0.825. The van der Waals surface area contributed by atoms with Gasteiger partial charge in [0.2, 0.25) is 0 Å². The molecule has 0 saturated heterocycles. The van der Waals surface area contributed by atoms with E-state index in [1.807, 2.05) is 26.8 Å². The van der Waals surface area contributed by atoms with Crippen LogP contribution in [0.15, 0.2) is 42.5 Å². The molecule has 0 aliphatic heterocycles. The van der Waals surface area contributed by atoms with Crippen LogP contribution in [0.3, 0.4) is 0 Å². The van der Waals surface area contributed by atoms with Crippen molar-refractivity contribution in [3.63, 3.8) is 0 Å². The van der Waals surface area contributed by atoms with Crippen molar-refractivity contribution in [1.82, 2.24) is 0 Å². The molecule has 0 spiro atoms. The molecule has 0 aromatic heterocycles. The number of esters is 1. The van der Waals surface area contributed by atoms with Gasteiger partial charge >= 0.3 is 5.97 Å². The summed E-state index contributed by atoms with van der Waals surface area (Å²) in [7, 11) is 1.49. The first-order valence-corrected chi connectivity index (χ1v) is 8.52. The first-order valence-electron chi connectivity index (χ1n) is 8.52. The molecule has 8 nitrogen and oxygen atoms in total. The third kappa shape index (κ3) is 5.29. The highest BCUT2D eigenvalue weighted by molar-refractivity contribution is 5.96. The molecule has 0 saturated carbocycles. The van der Waals surface area contributed by atoms with E-state index in [9.17, 15) is 19.7 Å². The molecule has 0 radical (unpaired) electrons. The van der Waals surface area contributed by atoms with E-state index < -0.39 is 23.4 Å². The van der Waals surface area contributed by atoms with E-state index in [2.05, 4.69) is 5.32 Å². The molecule has 8 heteroatoms. The lowest BCUT2D eigenvalue weighted by molar-refractivity contribution is -0.384. The van der Waals surface area contributed by atoms with E-state index in [0.717, 1.165) is 11.6 Å². The Bertz CT molecular complexity index is 902. The quantitative estimate of drug-likeness (QED) is 0.461. The van der Waals surface area contributed by atoms with E-state index in [0.29, 0.717) is 11.4 Å². The number of carbonyl (C=O) groups excluding carboxylic acids is 2. The fourth-order valence-corrected chi connectivity index (χ4v) is 2.42. The van der Waals surface area contributed by atoms with Crippen molar-refractivity contribution in [3.8, 4) is 5.75 Å². The summed E-state index contributed by atoms with van der Waals surface area (Å²) in [5.74, 6) is -0.899. The number of amides is 1. The monoisotopic (exact) mass is 386 g/mol. The zero-order chi connectivity index (χ0) is 20.9. The second-order valence-electron chi connectivity index (χ2n) is 7.10. The number of hydrogen-bond acceptors (Lipinski definition) is 6. The van der Waals surface area contributed by atoms with E-state index in [1.165, 1.54) is 25.3 Å². The lowest BCUT2D eigenvalue weighted by Gasteiger charge is -2.21. The maximum atomic E-state index is 12.2. The molecule has 0 aliphatic rings. The molecule has 1 amide bonds. The largest absolute Gasteiger partial charge is 0.495 e. The van der Waals surface area contributed by atoms with E-state index >= 15 is 0 Å².